The van der Waals surface area contributed by atoms with Crippen LogP contribution in [0.25, 0.3) is 0 Å². The molecule has 0 fully saturated rings. The number of hydrogen-bond donors (Lipinski definition) is 1. The van der Waals surface area contributed by atoms with E-state index in [4.69, 9.17) is 9.47 Å². The van der Waals surface area contributed by atoms with Crippen LogP contribution in [-0.2, 0) is 14.8 Å². The summed E-state index contributed by atoms with van der Waals surface area (Å²) in [5.41, 5.74) is 0.303. The third kappa shape index (κ3) is 5.08. The first-order chi connectivity index (χ1) is 13.1. The van der Waals surface area contributed by atoms with Crippen LogP contribution in [0.3, 0.4) is 0 Å². The monoisotopic (exact) mass is 403 g/mol. The average molecular weight is 403 g/mol. The van der Waals surface area contributed by atoms with Gasteiger partial charge in [-0.15, -0.1) is 11.3 Å². The fraction of sp³-hybridized carbons (Fsp3) is 0.105. The third-order valence-corrected chi connectivity index (χ3v) is 6.24. The minimum atomic E-state index is -3.75. The topological polar surface area (TPSA) is 81.7 Å². The number of nitrogens with one attached hydrogen (secondary N) is 1. The van der Waals surface area contributed by atoms with Gasteiger partial charge in [0.25, 0.3) is 10.0 Å². The van der Waals surface area contributed by atoms with Crippen LogP contribution < -0.4 is 9.46 Å². The highest BCUT2D eigenvalue weighted by molar-refractivity contribution is 7.94. The lowest BCUT2D eigenvalue weighted by molar-refractivity contribution is 0.0451. The molecule has 140 valence electrons. The van der Waals surface area contributed by atoms with E-state index in [1.165, 1.54) is 18.2 Å². The lowest BCUT2D eigenvalue weighted by Crippen LogP contribution is -2.17. The fourth-order valence-electron chi connectivity index (χ4n) is 2.25. The number of anilines is 1. The zero-order valence-electron chi connectivity index (χ0n) is 14.2. The molecule has 0 aliphatic carbocycles. The van der Waals surface area contributed by atoms with Crippen LogP contribution in [0.15, 0.2) is 76.3 Å². The standard InChI is InChI=1S/C19H17NO5S2/c21-19(25-13-12-24-15-7-2-1-3-8-15)16-9-4-5-10-17(16)20-27(22,23)18-11-6-14-26-18/h1-11,14,20H,12-13H2. The molecule has 1 aromatic heterocycles. The number of para-hydroxylation sites is 2. The van der Waals surface area contributed by atoms with Crippen molar-refractivity contribution in [3.63, 3.8) is 0 Å². The van der Waals surface area contributed by atoms with Gasteiger partial charge in [-0.2, -0.15) is 0 Å². The van der Waals surface area contributed by atoms with Gasteiger partial charge in [0.2, 0.25) is 0 Å². The number of sulfonamides is 1. The van der Waals surface area contributed by atoms with Crippen molar-refractivity contribution in [3.05, 3.63) is 77.7 Å². The van der Waals surface area contributed by atoms with Crippen molar-refractivity contribution in [2.75, 3.05) is 17.9 Å². The maximum atomic E-state index is 12.4. The maximum Gasteiger partial charge on any atom is 0.340 e. The number of rotatable bonds is 8. The molecule has 0 unspecified atom stereocenters. The Morgan fingerprint density at radius 1 is 0.926 bits per heavy atom. The second-order valence-corrected chi connectivity index (χ2v) is 8.24. The highest BCUT2D eigenvalue weighted by Gasteiger charge is 2.20. The van der Waals surface area contributed by atoms with Crippen molar-refractivity contribution in [2.24, 2.45) is 0 Å². The first kappa shape index (κ1) is 18.9. The van der Waals surface area contributed by atoms with Crippen molar-refractivity contribution in [2.45, 2.75) is 4.21 Å². The quantitative estimate of drug-likeness (QED) is 0.457. The smallest absolute Gasteiger partial charge is 0.340 e. The molecule has 0 amide bonds. The molecule has 3 rings (SSSR count). The van der Waals surface area contributed by atoms with Crippen LogP contribution in [0.1, 0.15) is 10.4 Å². The molecule has 0 spiro atoms. The zero-order valence-corrected chi connectivity index (χ0v) is 15.8. The summed E-state index contributed by atoms with van der Waals surface area (Å²) in [7, 11) is -3.75. The van der Waals surface area contributed by atoms with Gasteiger partial charge in [-0.25, -0.2) is 13.2 Å². The van der Waals surface area contributed by atoms with E-state index in [1.807, 2.05) is 18.2 Å². The number of benzene rings is 2. The van der Waals surface area contributed by atoms with E-state index in [2.05, 4.69) is 4.72 Å². The first-order valence-corrected chi connectivity index (χ1v) is 10.4. The van der Waals surface area contributed by atoms with Crippen molar-refractivity contribution >= 4 is 33.0 Å². The van der Waals surface area contributed by atoms with Gasteiger partial charge in [0, 0.05) is 0 Å². The Morgan fingerprint density at radius 2 is 1.67 bits per heavy atom. The molecule has 1 N–H and O–H groups in total. The van der Waals surface area contributed by atoms with Crippen LogP contribution in [0.5, 0.6) is 5.75 Å². The zero-order chi connectivity index (χ0) is 19.1. The molecule has 0 atom stereocenters. The first-order valence-electron chi connectivity index (χ1n) is 8.06. The van der Waals surface area contributed by atoms with E-state index >= 15 is 0 Å². The Hall–Kier alpha value is -2.84. The van der Waals surface area contributed by atoms with Crippen LogP contribution in [0.2, 0.25) is 0 Å². The lowest BCUT2D eigenvalue weighted by Gasteiger charge is -2.12. The summed E-state index contributed by atoms with van der Waals surface area (Å²) in [4.78, 5) is 12.3. The second kappa shape index (κ2) is 8.70. The molecule has 0 saturated heterocycles. The van der Waals surface area contributed by atoms with Crippen molar-refractivity contribution in [1.29, 1.82) is 0 Å². The Kier molecular flexibility index (Phi) is 6.10. The van der Waals surface area contributed by atoms with E-state index < -0.39 is 16.0 Å². The summed E-state index contributed by atoms with van der Waals surface area (Å²) in [5.74, 6) is 0.0498. The molecule has 0 aliphatic heterocycles. The van der Waals surface area contributed by atoms with E-state index in [0.717, 1.165) is 11.3 Å². The van der Waals surface area contributed by atoms with E-state index in [1.54, 1.807) is 35.7 Å². The van der Waals surface area contributed by atoms with Crippen LogP contribution in [-0.4, -0.2) is 27.6 Å². The molecule has 27 heavy (non-hydrogen) atoms. The predicted octanol–water partition coefficient (Wildman–Crippen LogP) is 3.78. The van der Waals surface area contributed by atoms with Gasteiger partial charge >= 0.3 is 5.97 Å². The number of carbonyl (C=O) groups excluding carboxylic acids is 1. The summed E-state index contributed by atoms with van der Waals surface area (Å²) >= 11 is 1.09. The molecule has 1 heterocycles. The number of ether oxygens (including phenoxy) is 2. The SMILES string of the molecule is O=C(OCCOc1ccccc1)c1ccccc1NS(=O)(=O)c1cccs1. The molecule has 2 aromatic carbocycles. The van der Waals surface area contributed by atoms with Crippen molar-refractivity contribution in [3.8, 4) is 5.75 Å². The van der Waals surface area contributed by atoms with Gasteiger partial charge in [-0.3, -0.25) is 4.72 Å². The number of esters is 1. The summed E-state index contributed by atoms with van der Waals surface area (Å²) in [6.07, 6.45) is 0. The van der Waals surface area contributed by atoms with Crippen LogP contribution in [0.4, 0.5) is 5.69 Å². The second-order valence-electron chi connectivity index (χ2n) is 5.38. The highest BCUT2D eigenvalue weighted by atomic mass is 32.2. The van der Waals surface area contributed by atoms with Crippen LogP contribution in [0, 0.1) is 0 Å². The van der Waals surface area contributed by atoms with E-state index in [-0.39, 0.29) is 28.7 Å². The number of carbonyl (C=O) groups is 1. The van der Waals surface area contributed by atoms with Gasteiger partial charge in [0.15, 0.2) is 0 Å². The molecule has 3 aromatic rings. The summed E-state index contributed by atoms with van der Waals surface area (Å²) < 4.78 is 38.0. The Labute approximate surface area is 161 Å². The molecule has 0 bridgehead atoms. The number of hydrogen-bond acceptors (Lipinski definition) is 6. The van der Waals surface area contributed by atoms with Gasteiger partial charge in [-0.1, -0.05) is 36.4 Å². The lowest BCUT2D eigenvalue weighted by atomic mass is 10.2. The van der Waals surface area contributed by atoms with Crippen molar-refractivity contribution in [1.82, 2.24) is 0 Å². The Morgan fingerprint density at radius 3 is 2.41 bits per heavy atom. The van der Waals surface area contributed by atoms with Gasteiger partial charge < -0.3 is 9.47 Å². The Balaban J connectivity index is 1.62. The molecule has 0 radical (unpaired) electrons. The normalized spacial score (nSPS) is 11.0. The van der Waals surface area contributed by atoms with Gasteiger partial charge in [-0.05, 0) is 35.7 Å². The third-order valence-electron chi connectivity index (χ3n) is 3.48. The molecule has 8 heteroatoms. The van der Waals surface area contributed by atoms with Gasteiger partial charge in [0.1, 0.15) is 23.2 Å². The summed E-state index contributed by atoms with van der Waals surface area (Å²) in [6, 6.07) is 18.6. The Bertz CT molecular complexity index is 986. The molecular formula is C19H17NO5S2. The molecule has 6 nitrogen and oxygen atoms in total. The average Bonchev–Trinajstić information content (AvgIpc) is 3.22. The maximum absolute atomic E-state index is 12.4. The molecule has 0 saturated carbocycles. The summed E-state index contributed by atoms with van der Waals surface area (Å²) in [6.45, 7) is 0.235. The number of thiophene rings is 1. The van der Waals surface area contributed by atoms with Crippen molar-refractivity contribution < 1.29 is 22.7 Å². The largest absolute Gasteiger partial charge is 0.490 e. The minimum absolute atomic E-state index is 0.0414. The van der Waals surface area contributed by atoms with E-state index in [0.29, 0.717) is 5.75 Å². The van der Waals surface area contributed by atoms with E-state index in [9.17, 15) is 13.2 Å². The summed E-state index contributed by atoms with van der Waals surface area (Å²) in [5, 5.41) is 1.67. The molecule has 0 aliphatic rings. The highest BCUT2D eigenvalue weighted by Crippen LogP contribution is 2.23. The van der Waals surface area contributed by atoms with Crippen LogP contribution >= 0.6 is 11.3 Å². The minimum Gasteiger partial charge on any atom is -0.490 e. The predicted molar refractivity (Wildman–Crippen MR) is 104 cm³/mol. The molecular weight excluding hydrogens is 386 g/mol. The van der Waals surface area contributed by atoms with Gasteiger partial charge in [0.05, 0.1) is 11.3 Å². The fourth-order valence-corrected chi connectivity index (χ4v) is 4.32.